The van der Waals surface area contributed by atoms with Gasteiger partial charge in [0.2, 0.25) is 10.4 Å². The number of rotatable bonds is 3. The highest BCUT2D eigenvalue weighted by Gasteiger charge is 2.13. The van der Waals surface area contributed by atoms with Gasteiger partial charge in [0, 0.05) is 0 Å². The van der Waals surface area contributed by atoms with Crippen LogP contribution in [-0.2, 0) is 10.4 Å². The topological polar surface area (TPSA) is 118 Å². The molecule has 1 atom stereocenters. The average molecular weight is 231 g/mol. The predicted molar refractivity (Wildman–Crippen MR) is 48.3 cm³/mol. The first kappa shape index (κ1) is 16.2. The number of likely N-dealkylation sites (N-methyl/N-ethyl adjacent to an activating group) is 1. The van der Waals surface area contributed by atoms with Crippen LogP contribution in [0.15, 0.2) is 0 Å². The second-order valence-electron chi connectivity index (χ2n) is 3.74. The van der Waals surface area contributed by atoms with E-state index in [1.54, 1.807) is 0 Å². The summed E-state index contributed by atoms with van der Waals surface area (Å²) in [7, 11) is 0.997. The van der Waals surface area contributed by atoms with Gasteiger partial charge in [0.05, 0.1) is 27.7 Å². The van der Waals surface area contributed by atoms with Crippen molar-refractivity contribution >= 4 is 10.4 Å². The number of nitrogens with zero attached hydrogens (tertiary/aromatic N) is 1. The van der Waals surface area contributed by atoms with E-state index in [1.165, 1.54) is 0 Å². The molecule has 0 fully saturated rings. The van der Waals surface area contributed by atoms with Crippen molar-refractivity contribution in [1.29, 1.82) is 0 Å². The van der Waals surface area contributed by atoms with Crippen LogP contribution in [0, 0.1) is 0 Å². The Kier molecular flexibility index (Phi) is 7.26. The van der Waals surface area contributed by atoms with Crippen LogP contribution in [0.2, 0.25) is 0 Å². The lowest BCUT2D eigenvalue weighted by molar-refractivity contribution is -0.873. The third-order valence-electron chi connectivity index (χ3n) is 0.969. The third-order valence-corrected chi connectivity index (χ3v) is 0.969. The maximum absolute atomic E-state index is 8.93. The molecular weight excluding hydrogens is 214 g/mol. The maximum atomic E-state index is 8.93. The van der Waals surface area contributed by atoms with E-state index >= 15 is 0 Å². The molecule has 0 saturated carbocycles. The van der Waals surface area contributed by atoms with Crippen LogP contribution in [0.1, 0.15) is 0 Å². The fraction of sp³-hybridized carbons (Fsp3) is 1.00. The van der Waals surface area contributed by atoms with Gasteiger partial charge in [-0.1, -0.05) is 0 Å². The average Bonchev–Trinajstić information content (AvgIpc) is 1.79. The van der Waals surface area contributed by atoms with E-state index in [4.69, 9.17) is 27.7 Å². The SMILES string of the molecule is C[N+](C)(C)CC(O)CO.O=S(=O)([O-])O. The quantitative estimate of drug-likeness (QED) is 0.295. The molecule has 0 aliphatic rings. The van der Waals surface area contributed by atoms with Crippen molar-refractivity contribution in [3.05, 3.63) is 0 Å². The van der Waals surface area contributed by atoms with Crippen molar-refractivity contribution in [2.24, 2.45) is 0 Å². The zero-order chi connectivity index (χ0) is 12.0. The van der Waals surface area contributed by atoms with Gasteiger partial charge in [0.25, 0.3) is 0 Å². The predicted octanol–water partition coefficient (Wildman–Crippen LogP) is -1.95. The molecule has 1 unspecified atom stereocenters. The Bertz CT molecular complexity index is 223. The van der Waals surface area contributed by atoms with Gasteiger partial charge in [0.15, 0.2) is 0 Å². The summed E-state index contributed by atoms with van der Waals surface area (Å²) in [5, 5.41) is 17.4. The van der Waals surface area contributed by atoms with Crippen molar-refractivity contribution in [1.82, 2.24) is 0 Å². The van der Waals surface area contributed by atoms with Gasteiger partial charge >= 0.3 is 0 Å². The Labute approximate surface area is 83.8 Å². The highest BCUT2D eigenvalue weighted by atomic mass is 32.3. The lowest BCUT2D eigenvalue weighted by atomic mass is 10.3. The third kappa shape index (κ3) is 29.8. The molecule has 0 saturated heterocycles. The molecule has 0 rings (SSSR count). The van der Waals surface area contributed by atoms with Crippen molar-refractivity contribution in [3.63, 3.8) is 0 Å². The summed E-state index contributed by atoms with van der Waals surface area (Å²) in [5.74, 6) is 0. The first-order valence-electron chi connectivity index (χ1n) is 3.73. The van der Waals surface area contributed by atoms with Gasteiger partial charge in [-0.15, -0.1) is 0 Å². The van der Waals surface area contributed by atoms with Crippen LogP contribution in [0.5, 0.6) is 0 Å². The second kappa shape index (κ2) is 6.27. The van der Waals surface area contributed by atoms with E-state index in [-0.39, 0.29) is 6.61 Å². The fourth-order valence-electron chi connectivity index (χ4n) is 0.690. The highest BCUT2D eigenvalue weighted by Crippen LogP contribution is 1.92. The summed E-state index contributed by atoms with van der Waals surface area (Å²) in [6, 6.07) is 0. The largest absolute Gasteiger partial charge is 0.726 e. The lowest BCUT2D eigenvalue weighted by Gasteiger charge is -2.25. The molecule has 0 aliphatic carbocycles. The standard InChI is InChI=1S/C6H16NO2.H2O4S/c1-7(2,3)4-6(9)5-8;1-5(2,3)4/h6,8-9H,4-5H2,1-3H3;(H2,1,2,3,4)/q+1;/p-1. The molecule has 0 spiro atoms. The van der Waals surface area contributed by atoms with Crippen LogP contribution in [-0.4, -0.2) is 72.6 Å². The maximum Gasteiger partial charge on any atom is 0.215 e. The van der Waals surface area contributed by atoms with Crippen molar-refractivity contribution in [3.8, 4) is 0 Å². The first-order chi connectivity index (χ1) is 5.95. The number of hydrogen-bond donors (Lipinski definition) is 3. The number of aliphatic hydroxyl groups is 2. The molecule has 7 nitrogen and oxygen atoms in total. The van der Waals surface area contributed by atoms with Crippen molar-refractivity contribution in [2.75, 3.05) is 34.3 Å². The Morgan fingerprint density at radius 2 is 1.64 bits per heavy atom. The van der Waals surface area contributed by atoms with E-state index < -0.39 is 16.5 Å². The molecule has 0 aromatic rings. The second-order valence-corrected chi connectivity index (χ2v) is 4.59. The van der Waals surface area contributed by atoms with Gasteiger partial charge in [-0.3, -0.25) is 4.55 Å². The van der Waals surface area contributed by atoms with Crippen molar-refractivity contribution in [2.45, 2.75) is 6.10 Å². The van der Waals surface area contributed by atoms with E-state index in [2.05, 4.69) is 0 Å². The van der Waals surface area contributed by atoms with Crippen LogP contribution in [0.25, 0.3) is 0 Å². The van der Waals surface area contributed by atoms with Gasteiger partial charge in [-0.25, -0.2) is 8.42 Å². The molecule has 0 aromatic heterocycles. The minimum Gasteiger partial charge on any atom is -0.726 e. The zero-order valence-electron chi connectivity index (χ0n) is 8.41. The summed E-state index contributed by atoms with van der Waals surface area (Å²) in [4.78, 5) is 0. The van der Waals surface area contributed by atoms with E-state index in [1.807, 2.05) is 21.1 Å². The Morgan fingerprint density at radius 1 is 1.36 bits per heavy atom. The smallest absolute Gasteiger partial charge is 0.215 e. The normalized spacial score (nSPS) is 14.2. The van der Waals surface area contributed by atoms with E-state index in [0.717, 1.165) is 0 Å². The summed E-state index contributed by atoms with van der Waals surface area (Å²) in [6.07, 6.45) is -0.579. The molecule has 0 heterocycles. The number of quaternary nitrogens is 1. The molecule has 3 N–H and O–H groups in total. The molecule has 0 bridgehead atoms. The van der Waals surface area contributed by atoms with Crippen LogP contribution < -0.4 is 0 Å². The summed E-state index contributed by atoms with van der Waals surface area (Å²) in [6.45, 7) is 0.450. The van der Waals surface area contributed by atoms with Gasteiger partial charge < -0.3 is 19.2 Å². The minimum atomic E-state index is -4.92. The molecule has 8 heteroatoms. The number of hydrogen-bond acceptors (Lipinski definition) is 5. The van der Waals surface area contributed by atoms with Gasteiger partial charge in [0.1, 0.15) is 12.6 Å². The molecular formula is C6H17NO6S. The van der Waals surface area contributed by atoms with Crippen LogP contribution in [0.3, 0.4) is 0 Å². The van der Waals surface area contributed by atoms with E-state index in [0.29, 0.717) is 11.0 Å². The molecule has 0 aromatic carbocycles. The van der Waals surface area contributed by atoms with Gasteiger partial charge in [-0.05, 0) is 0 Å². The fourth-order valence-corrected chi connectivity index (χ4v) is 0.690. The lowest BCUT2D eigenvalue weighted by Crippen LogP contribution is -2.42. The van der Waals surface area contributed by atoms with E-state index in [9.17, 15) is 0 Å². The minimum absolute atomic E-state index is 0.143. The Morgan fingerprint density at radius 3 is 1.71 bits per heavy atom. The molecule has 0 amide bonds. The highest BCUT2D eigenvalue weighted by molar-refractivity contribution is 7.79. The molecule has 0 radical (unpaired) electrons. The van der Waals surface area contributed by atoms with Gasteiger partial charge in [-0.2, -0.15) is 0 Å². The molecule has 0 aliphatic heterocycles. The van der Waals surface area contributed by atoms with Crippen molar-refractivity contribution < 1.29 is 32.2 Å². The molecule has 14 heavy (non-hydrogen) atoms. The Balaban J connectivity index is 0. The first-order valence-corrected chi connectivity index (χ1v) is 5.10. The summed E-state index contributed by atoms with van der Waals surface area (Å²) in [5.41, 5.74) is 0. The monoisotopic (exact) mass is 231 g/mol. The van der Waals surface area contributed by atoms with Crippen LogP contribution in [0.4, 0.5) is 0 Å². The summed E-state index contributed by atoms with van der Waals surface area (Å²) >= 11 is 0. The Hall–Kier alpha value is -0.250. The summed E-state index contributed by atoms with van der Waals surface area (Å²) < 4.78 is 33.5. The number of aliphatic hydroxyl groups excluding tert-OH is 2. The zero-order valence-corrected chi connectivity index (χ0v) is 9.23. The molecule has 88 valence electrons. The van der Waals surface area contributed by atoms with Crippen LogP contribution >= 0.6 is 0 Å².